The Morgan fingerprint density at radius 1 is 1.00 bits per heavy atom. The molecule has 0 radical (unpaired) electrons. The molecule has 34 heavy (non-hydrogen) atoms. The van der Waals surface area contributed by atoms with Crippen LogP contribution in [0.4, 0.5) is 0 Å². The third-order valence-corrected chi connectivity index (χ3v) is 6.26. The third kappa shape index (κ3) is 4.71. The van der Waals surface area contributed by atoms with E-state index in [1.54, 1.807) is 12.4 Å². The number of benzene rings is 2. The van der Waals surface area contributed by atoms with Crippen molar-refractivity contribution in [2.75, 3.05) is 0 Å². The first-order chi connectivity index (χ1) is 16.7. The maximum atomic E-state index is 12.1. The number of hydrogen-bond donors (Lipinski definition) is 1. The summed E-state index contributed by atoms with van der Waals surface area (Å²) in [4.78, 5) is 21.0. The van der Waals surface area contributed by atoms with Gasteiger partial charge in [0.25, 0.3) is 0 Å². The highest BCUT2D eigenvalue weighted by Gasteiger charge is 2.27. The molecule has 172 valence electrons. The van der Waals surface area contributed by atoms with E-state index in [2.05, 4.69) is 16.0 Å². The number of aryl methyl sites for hydroxylation is 1. The molecule has 1 aliphatic rings. The molecule has 4 aromatic rings. The van der Waals surface area contributed by atoms with Gasteiger partial charge in [-0.3, -0.25) is 4.98 Å². The maximum Gasteiger partial charge on any atom is 0.345 e. The Labute approximate surface area is 198 Å². The van der Waals surface area contributed by atoms with E-state index in [0.29, 0.717) is 17.3 Å². The van der Waals surface area contributed by atoms with Crippen LogP contribution in [0.2, 0.25) is 0 Å². The van der Waals surface area contributed by atoms with Crippen molar-refractivity contribution in [3.8, 4) is 5.75 Å². The average molecular weight is 455 g/mol. The van der Waals surface area contributed by atoms with Crippen molar-refractivity contribution in [1.82, 2.24) is 9.97 Å². The van der Waals surface area contributed by atoms with Crippen LogP contribution < -0.4 is 4.74 Å². The standard InChI is InChI=1S/C28H26N2O4/c31-28(32)25(34-24-14-6-11-19-8-4-5-13-23(19)24)16-22-18-33-27(30-22)26(20-9-2-1-3-10-20)21-12-7-15-29-17-21/h1-3,6-7,9-12,14-15,17-18,25-26H,4-5,8,13,16H2,(H,31,32). The Kier molecular flexibility index (Phi) is 6.38. The summed E-state index contributed by atoms with van der Waals surface area (Å²) in [5, 5.41) is 9.88. The molecule has 0 saturated heterocycles. The molecule has 0 amide bonds. The molecule has 0 aliphatic heterocycles. The number of aliphatic carboxylic acids is 1. The fourth-order valence-electron chi connectivity index (χ4n) is 4.60. The van der Waals surface area contributed by atoms with Gasteiger partial charge in [-0.05, 0) is 60.1 Å². The van der Waals surface area contributed by atoms with E-state index in [9.17, 15) is 9.90 Å². The molecular weight excluding hydrogens is 428 g/mol. The van der Waals surface area contributed by atoms with Crippen LogP contribution in [-0.2, 0) is 24.1 Å². The van der Waals surface area contributed by atoms with Gasteiger partial charge in [0, 0.05) is 18.8 Å². The molecule has 0 saturated carbocycles. The van der Waals surface area contributed by atoms with Crippen LogP contribution in [0, 0.1) is 0 Å². The number of carbonyl (C=O) groups is 1. The maximum absolute atomic E-state index is 12.1. The molecule has 2 atom stereocenters. The lowest BCUT2D eigenvalue weighted by atomic mass is 9.91. The van der Waals surface area contributed by atoms with Crippen molar-refractivity contribution in [3.63, 3.8) is 0 Å². The number of fused-ring (bicyclic) bond motifs is 1. The topological polar surface area (TPSA) is 85.5 Å². The minimum Gasteiger partial charge on any atom is -0.478 e. The molecule has 6 heteroatoms. The molecule has 0 bridgehead atoms. The van der Waals surface area contributed by atoms with Crippen molar-refractivity contribution in [2.45, 2.75) is 44.1 Å². The zero-order chi connectivity index (χ0) is 23.3. The number of nitrogens with zero attached hydrogens (tertiary/aromatic N) is 2. The summed E-state index contributed by atoms with van der Waals surface area (Å²) >= 11 is 0. The third-order valence-electron chi connectivity index (χ3n) is 6.26. The van der Waals surface area contributed by atoms with Gasteiger partial charge in [-0.2, -0.15) is 0 Å². The minimum atomic E-state index is -1.06. The summed E-state index contributed by atoms with van der Waals surface area (Å²) < 4.78 is 11.9. The summed E-state index contributed by atoms with van der Waals surface area (Å²) in [7, 11) is 0. The van der Waals surface area contributed by atoms with E-state index in [-0.39, 0.29) is 12.3 Å². The van der Waals surface area contributed by atoms with E-state index in [0.717, 1.165) is 42.4 Å². The van der Waals surface area contributed by atoms with Crippen molar-refractivity contribution in [3.05, 3.63) is 113 Å². The summed E-state index contributed by atoms with van der Waals surface area (Å²) in [6, 6.07) is 19.7. The molecule has 2 aromatic carbocycles. The number of carboxylic acids is 1. The van der Waals surface area contributed by atoms with Gasteiger partial charge in [0.05, 0.1) is 11.6 Å². The molecule has 1 N–H and O–H groups in total. The van der Waals surface area contributed by atoms with Crippen molar-refractivity contribution < 1.29 is 19.1 Å². The number of ether oxygens (including phenoxy) is 1. The zero-order valence-corrected chi connectivity index (χ0v) is 18.8. The second kappa shape index (κ2) is 9.91. The van der Waals surface area contributed by atoms with E-state index in [1.165, 1.54) is 11.8 Å². The van der Waals surface area contributed by atoms with Crippen LogP contribution in [0.1, 0.15) is 52.6 Å². The molecule has 5 rings (SSSR count). The first-order valence-corrected chi connectivity index (χ1v) is 11.6. The number of hydrogen-bond acceptors (Lipinski definition) is 5. The first-order valence-electron chi connectivity index (χ1n) is 11.6. The highest BCUT2D eigenvalue weighted by Crippen LogP contribution is 2.32. The minimum absolute atomic E-state index is 0.108. The van der Waals surface area contributed by atoms with Crippen LogP contribution in [0.15, 0.2) is 83.7 Å². The Morgan fingerprint density at radius 3 is 2.62 bits per heavy atom. The lowest BCUT2D eigenvalue weighted by Gasteiger charge is -2.22. The molecule has 0 fully saturated rings. The molecule has 2 heterocycles. The SMILES string of the molecule is O=C(O)C(Cc1coc(C(c2ccccc2)c2cccnc2)n1)Oc1cccc2c1CCCC2. The van der Waals surface area contributed by atoms with Gasteiger partial charge in [0.1, 0.15) is 12.0 Å². The van der Waals surface area contributed by atoms with Gasteiger partial charge in [0.2, 0.25) is 12.0 Å². The molecule has 1 aliphatic carbocycles. The Bertz CT molecular complexity index is 1210. The van der Waals surface area contributed by atoms with Crippen LogP contribution in [0.5, 0.6) is 5.75 Å². The van der Waals surface area contributed by atoms with Crippen LogP contribution in [-0.4, -0.2) is 27.1 Å². The number of pyridine rings is 1. The van der Waals surface area contributed by atoms with Gasteiger partial charge >= 0.3 is 5.97 Å². The van der Waals surface area contributed by atoms with Gasteiger partial charge in [-0.25, -0.2) is 9.78 Å². The predicted octanol–water partition coefficient (Wildman–Crippen LogP) is 5.20. The molecule has 2 unspecified atom stereocenters. The summed E-state index contributed by atoms with van der Waals surface area (Å²) in [6.07, 6.45) is 8.26. The number of carboxylic acid groups (broad SMARTS) is 1. The van der Waals surface area contributed by atoms with Crippen LogP contribution >= 0.6 is 0 Å². The van der Waals surface area contributed by atoms with E-state index < -0.39 is 12.1 Å². The Morgan fingerprint density at radius 2 is 1.82 bits per heavy atom. The van der Waals surface area contributed by atoms with Crippen LogP contribution in [0.3, 0.4) is 0 Å². The zero-order valence-electron chi connectivity index (χ0n) is 18.8. The first kappa shape index (κ1) is 21.9. The molecule has 0 spiro atoms. The van der Waals surface area contributed by atoms with Gasteiger partial charge in [0.15, 0.2) is 0 Å². The van der Waals surface area contributed by atoms with Gasteiger partial charge in [-0.15, -0.1) is 0 Å². The quantitative estimate of drug-likeness (QED) is 0.394. The highest BCUT2D eigenvalue weighted by atomic mass is 16.5. The van der Waals surface area contributed by atoms with Crippen molar-refractivity contribution in [2.24, 2.45) is 0 Å². The second-order valence-electron chi connectivity index (χ2n) is 8.56. The fourth-order valence-corrected chi connectivity index (χ4v) is 4.60. The normalized spacial score (nSPS) is 14.7. The fraction of sp³-hybridized carbons (Fsp3) is 0.250. The van der Waals surface area contributed by atoms with Crippen molar-refractivity contribution >= 4 is 5.97 Å². The average Bonchev–Trinajstić information content (AvgIpc) is 3.33. The van der Waals surface area contributed by atoms with Gasteiger partial charge in [-0.1, -0.05) is 48.5 Å². The van der Waals surface area contributed by atoms with Crippen LogP contribution in [0.25, 0.3) is 0 Å². The monoisotopic (exact) mass is 454 g/mol. The molecule has 6 nitrogen and oxygen atoms in total. The van der Waals surface area contributed by atoms with Crippen molar-refractivity contribution in [1.29, 1.82) is 0 Å². The lowest BCUT2D eigenvalue weighted by Crippen LogP contribution is -2.30. The predicted molar refractivity (Wildman–Crippen MR) is 127 cm³/mol. The van der Waals surface area contributed by atoms with Gasteiger partial charge < -0.3 is 14.3 Å². The largest absolute Gasteiger partial charge is 0.478 e. The second-order valence-corrected chi connectivity index (χ2v) is 8.56. The summed E-state index contributed by atoms with van der Waals surface area (Å²) in [5.41, 5.74) is 4.88. The summed E-state index contributed by atoms with van der Waals surface area (Å²) in [5.74, 6) is -0.111. The smallest absolute Gasteiger partial charge is 0.345 e. The number of oxazole rings is 1. The van der Waals surface area contributed by atoms with E-state index in [4.69, 9.17) is 9.15 Å². The van der Waals surface area contributed by atoms with E-state index >= 15 is 0 Å². The lowest BCUT2D eigenvalue weighted by molar-refractivity contribution is -0.145. The molecule has 2 aromatic heterocycles. The highest BCUT2D eigenvalue weighted by molar-refractivity contribution is 5.73. The Hall–Kier alpha value is -3.93. The summed E-state index contributed by atoms with van der Waals surface area (Å²) in [6.45, 7) is 0. The number of aromatic nitrogens is 2. The van der Waals surface area contributed by atoms with E-state index in [1.807, 2.05) is 54.6 Å². The molecular formula is C28H26N2O4. The Balaban J connectivity index is 1.40. The number of rotatable bonds is 8.